The number of nitriles is 1. The van der Waals surface area contributed by atoms with Gasteiger partial charge in [0.1, 0.15) is 11.4 Å². The lowest BCUT2D eigenvalue weighted by Crippen LogP contribution is -2.44. The van der Waals surface area contributed by atoms with Gasteiger partial charge in [-0.3, -0.25) is 4.68 Å². The van der Waals surface area contributed by atoms with Crippen molar-refractivity contribution in [2.24, 2.45) is 0 Å². The zero-order chi connectivity index (χ0) is 27.2. The minimum Gasteiger partial charge on any atom is -0.383 e. The number of nitrogen functional groups attached to an aromatic ring is 1. The highest BCUT2D eigenvalue weighted by Crippen LogP contribution is 2.41. The minimum absolute atomic E-state index is 0.185. The summed E-state index contributed by atoms with van der Waals surface area (Å²) in [6.07, 6.45) is -2.89. The molecular weight excluding hydrogens is 523 g/mol. The van der Waals surface area contributed by atoms with Crippen molar-refractivity contribution in [3.63, 3.8) is 0 Å². The summed E-state index contributed by atoms with van der Waals surface area (Å²) in [6.45, 7) is 3.21. The fraction of sp³-hybridized carbons (Fsp3) is 0.360. The maximum atomic E-state index is 13.4. The lowest BCUT2D eigenvalue weighted by molar-refractivity contribution is -0.137. The van der Waals surface area contributed by atoms with E-state index in [-0.39, 0.29) is 18.1 Å². The maximum Gasteiger partial charge on any atom is 0.419 e. The van der Waals surface area contributed by atoms with Crippen LogP contribution in [-0.4, -0.2) is 45.4 Å². The lowest BCUT2D eigenvalue weighted by atomic mass is 9.96. The summed E-state index contributed by atoms with van der Waals surface area (Å²) in [4.78, 5) is 18.4. The molecule has 0 bridgehead atoms. The molecule has 1 saturated heterocycles. The van der Waals surface area contributed by atoms with Crippen molar-refractivity contribution < 1.29 is 22.7 Å². The van der Waals surface area contributed by atoms with Crippen LogP contribution in [0.5, 0.6) is 0 Å². The van der Waals surface area contributed by atoms with Crippen LogP contribution in [0.4, 0.5) is 23.8 Å². The fourth-order valence-electron chi connectivity index (χ4n) is 4.92. The lowest BCUT2D eigenvalue weighted by Gasteiger charge is -2.34. The number of aromatic nitrogens is 3. The van der Waals surface area contributed by atoms with E-state index in [0.717, 1.165) is 6.07 Å². The molecular formula is C25H23ClF3N7O2. The summed E-state index contributed by atoms with van der Waals surface area (Å²) in [6, 6.07) is 8.82. The van der Waals surface area contributed by atoms with E-state index in [0.29, 0.717) is 53.7 Å². The van der Waals surface area contributed by atoms with E-state index in [9.17, 15) is 18.0 Å². The third kappa shape index (κ3) is 4.63. The van der Waals surface area contributed by atoms with Crippen LogP contribution in [0, 0.1) is 11.3 Å². The van der Waals surface area contributed by atoms with E-state index in [1.165, 1.54) is 6.20 Å². The number of urea groups is 1. The Morgan fingerprint density at radius 3 is 2.82 bits per heavy atom. The van der Waals surface area contributed by atoms with Crippen LogP contribution in [-0.2, 0) is 23.1 Å². The number of hydrogen-bond acceptors (Lipinski definition) is 6. The van der Waals surface area contributed by atoms with E-state index in [1.807, 2.05) is 6.07 Å². The average Bonchev–Trinajstić information content (AvgIpc) is 3.50. The first-order chi connectivity index (χ1) is 18.0. The Morgan fingerprint density at radius 1 is 1.32 bits per heavy atom. The number of anilines is 1. The van der Waals surface area contributed by atoms with Gasteiger partial charge in [-0.2, -0.15) is 23.5 Å². The van der Waals surface area contributed by atoms with Gasteiger partial charge in [0, 0.05) is 29.7 Å². The highest BCUT2D eigenvalue weighted by molar-refractivity contribution is 6.31. The number of alkyl halides is 3. The second-order valence-electron chi connectivity index (χ2n) is 9.33. The first-order valence-electron chi connectivity index (χ1n) is 11.8. The van der Waals surface area contributed by atoms with Gasteiger partial charge < -0.3 is 20.7 Å². The number of carbonyl (C=O) groups excluding carboxylic acids is 1. The summed E-state index contributed by atoms with van der Waals surface area (Å²) >= 11 is 6.30. The number of ether oxygens (including phenoxy) is 1. The highest BCUT2D eigenvalue weighted by Gasteiger charge is 2.47. The van der Waals surface area contributed by atoms with Crippen LogP contribution < -0.4 is 11.1 Å². The number of nitrogens with two attached hydrogens (primary N) is 1. The minimum atomic E-state index is -4.64. The van der Waals surface area contributed by atoms with Gasteiger partial charge in [-0.1, -0.05) is 17.7 Å². The number of nitrogens with one attached hydrogen (secondary N) is 1. The Balaban J connectivity index is 1.35. The number of amides is 2. The highest BCUT2D eigenvalue weighted by atomic mass is 35.5. The summed E-state index contributed by atoms with van der Waals surface area (Å²) in [7, 11) is 0. The standard InChI is InChI=1S/C25H23ClF3N7O2/c1-14(17-3-2-15(11-30)8-19(17)26)33-23(37)35-5-4-24(13-35)21-10-20(34-36(21)6-7-38-24)16-9-18(25(27,28)29)22(31)32-12-16/h2-3,8-10,12,14H,4-7,13H2,1H3,(H2,31,32)(H,33,37). The Kier molecular flexibility index (Phi) is 6.44. The number of fused-ring (bicyclic) bond motifs is 2. The number of hydrogen-bond donors (Lipinski definition) is 2. The summed E-state index contributed by atoms with van der Waals surface area (Å²) < 4.78 is 47.9. The van der Waals surface area contributed by atoms with Crippen molar-refractivity contribution in [2.75, 3.05) is 25.4 Å². The van der Waals surface area contributed by atoms with Gasteiger partial charge in [0.15, 0.2) is 0 Å². The quantitative estimate of drug-likeness (QED) is 0.500. The Hall–Kier alpha value is -3.82. The smallest absolute Gasteiger partial charge is 0.383 e. The van der Waals surface area contributed by atoms with Gasteiger partial charge >= 0.3 is 12.2 Å². The maximum absolute atomic E-state index is 13.4. The van der Waals surface area contributed by atoms with Crippen molar-refractivity contribution in [1.82, 2.24) is 25.0 Å². The van der Waals surface area contributed by atoms with Crippen LogP contribution in [0.1, 0.15) is 41.8 Å². The van der Waals surface area contributed by atoms with E-state index in [1.54, 1.807) is 40.8 Å². The fourth-order valence-corrected chi connectivity index (χ4v) is 5.27. The first-order valence-corrected chi connectivity index (χ1v) is 12.2. The van der Waals surface area contributed by atoms with Gasteiger partial charge in [-0.25, -0.2) is 9.78 Å². The average molecular weight is 546 g/mol. The molecule has 5 rings (SSSR count). The molecule has 2 aliphatic heterocycles. The van der Waals surface area contributed by atoms with Crippen LogP contribution in [0.3, 0.4) is 0 Å². The van der Waals surface area contributed by atoms with Crippen molar-refractivity contribution >= 4 is 23.4 Å². The monoisotopic (exact) mass is 545 g/mol. The molecule has 2 unspecified atom stereocenters. The van der Waals surface area contributed by atoms with Crippen molar-refractivity contribution in [3.8, 4) is 17.3 Å². The second kappa shape index (κ2) is 9.49. The third-order valence-corrected chi connectivity index (χ3v) is 7.23. The third-order valence-electron chi connectivity index (χ3n) is 6.90. The number of likely N-dealkylation sites (tertiary alicyclic amines) is 1. The molecule has 3 N–H and O–H groups in total. The zero-order valence-corrected chi connectivity index (χ0v) is 21.0. The first kappa shape index (κ1) is 25.8. The van der Waals surface area contributed by atoms with Crippen LogP contribution in [0.15, 0.2) is 36.5 Å². The molecule has 0 radical (unpaired) electrons. The van der Waals surface area contributed by atoms with E-state index in [4.69, 9.17) is 27.3 Å². The molecule has 1 fully saturated rings. The molecule has 2 aliphatic rings. The SMILES string of the molecule is CC(NC(=O)N1CCC2(C1)OCCn1nc(-c3cnc(N)c(C(F)(F)F)c3)cc12)c1ccc(C#N)cc1Cl. The van der Waals surface area contributed by atoms with Gasteiger partial charge in [-0.15, -0.1) is 0 Å². The zero-order valence-electron chi connectivity index (χ0n) is 20.2. The normalized spacial score (nSPS) is 19.7. The molecule has 0 aliphatic carbocycles. The molecule has 2 aromatic heterocycles. The van der Waals surface area contributed by atoms with E-state index in [2.05, 4.69) is 15.4 Å². The van der Waals surface area contributed by atoms with Crippen LogP contribution >= 0.6 is 11.6 Å². The van der Waals surface area contributed by atoms with E-state index >= 15 is 0 Å². The number of halogens is 4. The van der Waals surface area contributed by atoms with Gasteiger partial charge in [0.25, 0.3) is 0 Å². The predicted molar refractivity (Wildman–Crippen MR) is 132 cm³/mol. The van der Waals surface area contributed by atoms with E-state index < -0.39 is 29.2 Å². The predicted octanol–water partition coefficient (Wildman–Crippen LogP) is 4.47. The van der Waals surface area contributed by atoms with Gasteiger partial charge in [0.2, 0.25) is 0 Å². The molecule has 38 heavy (non-hydrogen) atoms. The molecule has 198 valence electrons. The summed E-state index contributed by atoms with van der Waals surface area (Å²) in [5, 5.41) is 16.9. The second-order valence-corrected chi connectivity index (χ2v) is 9.73. The molecule has 13 heteroatoms. The molecule has 9 nitrogen and oxygen atoms in total. The molecule has 0 saturated carbocycles. The number of rotatable bonds is 3. The topological polar surface area (TPSA) is 122 Å². The van der Waals surface area contributed by atoms with Gasteiger partial charge in [0.05, 0.1) is 54.3 Å². The molecule has 1 aromatic carbocycles. The summed E-state index contributed by atoms with van der Waals surface area (Å²) in [5.41, 5.74) is 5.86. The van der Waals surface area contributed by atoms with Crippen LogP contribution in [0.25, 0.3) is 11.3 Å². The molecule has 3 aromatic rings. The van der Waals surface area contributed by atoms with Crippen molar-refractivity contribution in [3.05, 3.63) is 63.9 Å². The Bertz CT molecular complexity index is 1450. The Morgan fingerprint density at radius 2 is 2.11 bits per heavy atom. The number of benzene rings is 1. The molecule has 1 spiro atoms. The molecule has 2 amide bonds. The van der Waals surface area contributed by atoms with Crippen molar-refractivity contribution in [2.45, 2.75) is 37.7 Å². The Labute approximate surface area is 220 Å². The summed E-state index contributed by atoms with van der Waals surface area (Å²) in [5.74, 6) is -0.598. The largest absolute Gasteiger partial charge is 0.419 e. The molecule has 4 heterocycles. The number of carbonyl (C=O) groups is 1. The van der Waals surface area contributed by atoms with Crippen LogP contribution in [0.2, 0.25) is 5.02 Å². The number of nitrogens with zero attached hydrogens (tertiary/aromatic N) is 5. The number of pyridine rings is 1. The van der Waals surface area contributed by atoms with Crippen molar-refractivity contribution in [1.29, 1.82) is 5.26 Å². The van der Waals surface area contributed by atoms with Gasteiger partial charge in [-0.05, 0) is 36.8 Å². The molecule has 2 atom stereocenters.